The lowest BCUT2D eigenvalue weighted by molar-refractivity contribution is -0.143. The molecule has 2 aliphatic rings. The van der Waals surface area contributed by atoms with Crippen LogP contribution in [0.4, 0.5) is 5.69 Å². The third-order valence-electron chi connectivity index (χ3n) is 8.60. The number of methoxy groups -OCH3 is 1. The number of benzene rings is 4. The third-order valence-corrected chi connectivity index (χ3v) is 8.60. The van der Waals surface area contributed by atoms with Crippen LogP contribution in [0.25, 0.3) is 10.8 Å². The van der Waals surface area contributed by atoms with E-state index in [-0.39, 0.29) is 25.2 Å². The molecule has 0 spiro atoms. The van der Waals surface area contributed by atoms with Crippen molar-refractivity contribution in [2.75, 3.05) is 38.4 Å². The summed E-state index contributed by atoms with van der Waals surface area (Å²) in [4.78, 5) is 31.2. The van der Waals surface area contributed by atoms with E-state index in [9.17, 15) is 14.7 Å². The Morgan fingerprint density at radius 2 is 1.70 bits per heavy atom. The normalized spacial score (nSPS) is 19.4. The molecule has 3 atom stereocenters. The lowest BCUT2D eigenvalue weighted by Gasteiger charge is -2.30. The van der Waals surface area contributed by atoms with Crippen molar-refractivity contribution >= 4 is 28.3 Å². The second-order valence-electron chi connectivity index (χ2n) is 11.1. The molecule has 2 heterocycles. The van der Waals surface area contributed by atoms with E-state index >= 15 is 0 Å². The van der Waals surface area contributed by atoms with E-state index in [0.717, 1.165) is 40.4 Å². The van der Waals surface area contributed by atoms with Gasteiger partial charge in [-0.25, -0.2) is 0 Å². The van der Waals surface area contributed by atoms with Gasteiger partial charge in [-0.1, -0.05) is 67.9 Å². The Morgan fingerprint density at radius 3 is 2.47 bits per heavy atom. The minimum atomic E-state index is -0.907. The van der Waals surface area contributed by atoms with Crippen molar-refractivity contribution < 1.29 is 28.9 Å². The van der Waals surface area contributed by atoms with E-state index in [0.29, 0.717) is 30.3 Å². The summed E-state index contributed by atoms with van der Waals surface area (Å²) in [5.41, 5.74) is 2.55. The molecule has 4 aromatic rings. The van der Waals surface area contributed by atoms with Gasteiger partial charge in [-0.2, -0.15) is 0 Å². The largest absolute Gasteiger partial charge is 0.497 e. The number of aliphatic carboxylic acids is 1. The molecule has 1 amide bonds. The number of likely N-dealkylation sites (tertiary alicyclic amines) is 1. The summed E-state index contributed by atoms with van der Waals surface area (Å²) >= 11 is 0. The molecule has 0 aliphatic carbocycles. The van der Waals surface area contributed by atoms with Crippen LogP contribution in [-0.4, -0.2) is 55.4 Å². The Kier molecular flexibility index (Phi) is 8.20. The van der Waals surface area contributed by atoms with E-state index in [1.165, 1.54) is 0 Å². The molecular weight excluding hydrogens is 544 g/mol. The molecule has 0 saturated carbocycles. The van der Waals surface area contributed by atoms with Gasteiger partial charge in [-0.3, -0.25) is 14.5 Å². The molecular formula is C35H36N2O6. The van der Waals surface area contributed by atoms with Gasteiger partial charge in [-0.05, 0) is 53.3 Å². The number of nitrogens with zero attached hydrogens (tertiary/aromatic N) is 2. The molecule has 0 bridgehead atoms. The predicted molar refractivity (Wildman–Crippen MR) is 165 cm³/mol. The van der Waals surface area contributed by atoms with Crippen molar-refractivity contribution in [2.24, 2.45) is 5.92 Å². The van der Waals surface area contributed by atoms with Crippen LogP contribution in [-0.2, 0) is 9.59 Å². The number of rotatable bonds is 10. The number of amides is 1. The SMILES string of the molecule is CCCCN(C(=O)CN1C[C@H](c2ccc3c(c2)OCO3)[C@H](C(=O)O)[C@H]1c1ccc(OC)cc1)c1cccc2ccccc12. The zero-order chi connectivity index (χ0) is 29.9. The highest BCUT2D eigenvalue weighted by Gasteiger charge is 2.48. The number of carboxylic acid groups (broad SMARTS) is 1. The number of carbonyl (C=O) groups is 2. The van der Waals surface area contributed by atoms with Gasteiger partial charge in [0.2, 0.25) is 12.7 Å². The minimum Gasteiger partial charge on any atom is -0.497 e. The highest BCUT2D eigenvalue weighted by molar-refractivity contribution is 6.04. The molecule has 0 unspecified atom stereocenters. The first-order valence-corrected chi connectivity index (χ1v) is 14.8. The summed E-state index contributed by atoms with van der Waals surface area (Å²) in [6.07, 6.45) is 1.80. The van der Waals surface area contributed by atoms with Crippen LogP contribution in [0.2, 0.25) is 0 Å². The number of hydrogen-bond acceptors (Lipinski definition) is 6. The van der Waals surface area contributed by atoms with Crippen LogP contribution < -0.4 is 19.1 Å². The average Bonchev–Trinajstić information content (AvgIpc) is 3.66. The van der Waals surface area contributed by atoms with E-state index in [1.807, 2.05) is 82.6 Å². The highest BCUT2D eigenvalue weighted by Crippen LogP contribution is 2.48. The Bertz CT molecular complexity index is 1620. The van der Waals surface area contributed by atoms with E-state index in [1.54, 1.807) is 7.11 Å². The molecule has 43 heavy (non-hydrogen) atoms. The second-order valence-corrected chi connectivity index (χ2v) is 11.1. The first-order valence-electron chi connectivity index (χ1n) is 14.8. The van der Waals surface area contributed by atoms with Gasteiger partial charge in [0.1, 0.15) is 5.75 Å². The summed E-state index contributed by atoms with van der Waals surface area (Å²) < 4.78 is 16.5. The van der Waals surface area contributed by atoms with Gasteiger partial charge in [-0.15, -0.1) is 0 Å². The third kappa shape index (κ3) is 5.62. The van der Waals surface area contributed by atoms with Crippen LogP contribution in [0.15, 0.2) is 84.9 Å². The lowest BCUT2D eigenvalue weighted by Crippen LogP contribution is -2.41. The molecule has 222 valence electrons. The number of carboxylic acids is 1. The van der Waals surface area contributed by atoms with Crippen LogP contribution in [0, 0.1) is 5.92 Å². The molecule has 2 aliphatic heterocycles. The van der Waals surface area contributed by atoms with Crippen molar-refractivity contribution in [2.45, 2.75) is 31.7 Å². The van der Waals surface area contributed by atoms with Crippen molar-refractivity contribution in [1.29, 1.82) is 0 Å². The van der Waals surface area contributed by atoms with Crippen LogP contribution in [0.3, 0.4) is 0 Å². The topological polar surface area (TPSA) is 88.5 Å². The summed E-state index contributed by atoms with van der Waals surface area (Å²) in [6.45, 7) is 3.31. The molecule has 1 saturated heterocycles. The number of ether oxygens (including phenoxy) is 3. The van der Waals surface area contributed by atoms with Crippen molar-refractivity contribution in [3.05, 3.63) is 96.1 Å². The zero-order valence-corrected chi connectivity index (χ0v) is 24.4. The van der Waals surface area contributed by atoms with E-state index in [2.05, 4.69) is 19.1 Å². The lowest BCUT2D eigenvalue weighted by atomic mass is 9.82. The highest BCUT2D eigenvalue weighted by atomic mass is 16.7. The minimum absolute atomic E-state index is 0.0567. The van der Waals surface area contributed by atoms with Crippen molar-refractivity contribution in [3.8, 4) is 17.2 Å². The van der Waals surface area contributed by atoms with Crippen LogP contribution >= 0.6 is 0 Å². The Labute approximate surface area is 251 Å². The summed E-state index contributed by atoms with van der Waals surface area (Å²) in [7, 11) is 1.60. The van der Waals surface area contributed by atoms with E-state index < -0.39 is 17.9 Å². The summed E-state index contributed by atoms with van der Waals surface area (Å²) in [6, 6.07) is 26.7. The molecule has 8 nitrogen and oxygen atoms in total. The van der Waals surface area contributed by atoms with Gasteiger partial charge < -0.3 is 24.2 Å². The Balaban J connectivity index is 1.38. The van der Waals surface area contributed by atoms with Gasteiger partial charge in [0.25, 0.3) is 0 Å². The smallest absolute Gasteiger partial charge is 0.309 e. The predicted octanol–water partition coefficient (Wildman–Crippen LogP) is 6.25. The Hall–Kier alpha value is -4.56. The van der Waals surface area contributed by atoms with Crippen molar-refractivity contribution in [1.82, 2.24) is 4.90 Å². The number of carbonyl (C=O) groups excluding carboxylic acids is 1. The summed E-state index contributed by atoms with van der Waals surface area (Å²) in [5, 5.41) is 12.7. The maximum Gasteiger partial charge on any atom is 0.309 e. The molecule has 0 aromatic heterocycles. The number of hydrogen-bond donors (Lipinski definition) is 1. The standard InChI is InChI=1S/C35H36N2O6/c1-3-4-18-37(29-11-7-9-23-8-5-6-10-27(23)29)32(38)21-36-20-28(25-14-17-30-31(19-25)43-22-42-30)33(35(39)40)34(36)24-12-15-26(41-2)16-13-24/h5-17,19,28,33-34H,3-4,18,20-22H2,1-2H3,(H,39,40)/t28-,33+,34-/m1/s1. The number of anilines is 1. The monoisotopic (exact) mass is 580 g/mol. The first kappa shape index (κ1) is 28.6. The fourth-order valence-corrected chi connectivity index (χ4v) is 6.47. The van der Waals surface area contributed by atoms with Gasteiger partial charge in [0.05, 0.1) is 25.3 Å². The Morgan fingerprint density at radius 1 is 0.953 bits per heavy atom. The van der Waals surface area contributed by atoms with Gasteiger partial charge in [0.15, 0.2) is 11.5 Å². The fourth-order valence-electron chi connectivity index (χ4n) is 6.47. The van der Waals surface area contributed by atoms with Crippen LogP contribution in [0.5, 0.6) is 17.2 Å². The van der Waals surface area contributed by atoms with Crippen LogP contribution in [0.1, 0.15) is 42.9 Å². The second kappa shape index (κ2) is 12.4. The summed E-state index contributed by atoms with van der Waals surface area (Å²) in [5.74, 6) is -0.177. The molecule has 8 heteroatoms. The van der Waals surface area contributed by atoms with Gasteiger partial charge in [0, 0.05) is 30.4 Å². The average molecular weight is 581 g/mol. The molecule has 4 aromatic carbocycles. The molecule has 1 fully saturated rings. The molecule has 1 N–H and O–H groups in total. The number of fused-ring (bicyclic) bond motifs is 2. The quantitative estimate of drug-likeness (QED) is 0.237. The maximum atomic E-state index is 14.3. The maximum absolute atomic E-state index is 14.3. The fraction of sp³-hybridized carbons (Fsp3) is 0.314. The van der Waals surface area contributed by atoms with E-state index in [4.69, 9.17) is 14.2 Å². The zero-order valence-electron chi connectivity index (χ0n) is 24.4. The van der Waals surface area contributed by atoms with Crippen molar-refractivity contribution in [3.63, 3.8) is 0 Å². The van der Waals surface area contributed by atoms with Gasteiger partial charge >= 0.3 is 5.97 Å². The molecule has 6 rings (SSSR count). The number of unbranched alkanes of at least 4 members (excludes halogenated alkanes) is 1. The first-order chi connectivity index (χ1) is 21.0. The molecule has 0 radical (unpaired) electrons.